The van der Waals surface area contributed by atoms with Gasteiger partial charge in [0.05, 0.1) is 5.92 Å². The molecular weight excluding hydrogens is 171 g/mol. The quantitative estimate of drug-likeness (QED) is 0.779. The fourth-order valence-corrected chi connectivity index (χ4v) is 1.09. The molecule has 1 aromatic carbocycles. The van der Waals surface area contributed by atoms with Gasteiger partial charge >= 0.3 is 5.97 Å². The lowest BCUT2D eigenvalue weighted by Gasteiger charge is -2.06. The SMILES string of the molecule is CC(C(=O)O)c1cccc(CF)c1. The third-order valence-electron chi connectivity index (χ3n) is 1.98. The van der Waals surface area contributed by atoms with E-state index in [4.69, 9.17) is 5.11 Å². The van der Waals surface area contributed by atoms with Crippen LogP contribution in [0.25, 0.3) is 0 Å². The summed E-state index contributed by atoms with van der Waals surface area (Å²) in [6, 6.07) is 6.58. The van der Waals surface area contributed by atoms with Gasteiger partial charge in [-0.2, -0.15) is 0 Å². The molecule has 3 heteroatoms. The Hall–Kier alpha value is -1.38. The molecule has 0 saturated carbocycles. The molecule has 0 heterocycles. The van der Waals surface area contributed by atoms with E-state index in [1.807, 2.05) is 0 Å². The molecule has 0 aliphatic rings. The molecule has 1 aromatic rings. The minimum Gasteiger partial charge on any atom is -0.481 e. The second kappa shape index (κ2) is 4.03. The molecule has 2 nitrogen and oxygen atoms in total. The lowest BCUT2D eigenvalue weighted by atomic mass is 10.00. The Morgan fingerprint density at radius 3 is 2.85 bits per heavy atom. The zero-order valence-corrected chi connectivity index (χ0v) is 7.33. The standard InChI is InChI=1S/C10H11FO2/c1-7(10(12)13)9-4-2-3-8(5-9)6-11/h2-5,7H,6H2,1H3,(H,12,13). The summed E-state index contributed by atoms with van der Waals surface area (Å²) in [6.07, 6.45) is 0. The number of carboxylic acid groups (broad SMARTS) is 1. The molecule has 0 fully saturated rings. The Morgan fingerprint density at radius 2 is 2.31 bits per heavy atom. The van der Waals surface area contributed by atoms with Gasteiger partial charge in [0, 0.05) is 0 Å². The summed E-state index contributed by atoms with van der Waals surface area (Å²) in [5.74, 6) is -1.47. The number of hydrogen-bond acceptors (Lipinski definition) is 1. The summed E-state index contributed by atoms with van der Waals surface area (Å²) in [5, 5.41) is 8.71. The molecular formula is C10H11FO2. The molecule has 0 aliphatic carbocycles. The van der Waals surface area contributed by atoms with E-state index in [0.29, 0.717) is 11.1 Å². The summed E-state index contributed by atoms with van der Waals surface area (Å²) in [4.78, 5) is 10.6. The predicted octanol–water partition coefficient (Wildman–Crippen LogP) is 2.34. The van der Waals surface area contributed by atoms with Gasteiger partial charge in [0.2, 0.25) is 0 Å². The van der Waals surface area contributed by atoms with Gasteiger partial charge in [-0.25, -0.2) is 4.39 Å². The highest BCUT2D eigenvalue weighted by Crippen LogP contribution is 2.17. The molecule has 0 saturated heterocycles. The zero-order chi connectivity index (χ0) is 9.84. The molecule has 1 unspecified atom stereocenters. The van der Waals surface area contributed by atoms with Crippen molar-refractivity contribution in [3.63, 3.8) is 0 Å². The zero-order valence-electron chi connectivity index (χ0n) is 7.33. The lowest BCUT2D eigenvalue weighted by molar-refractivity contribution is -0.138. The first-order valence-electron chi connectivity index (χ1n) is 4.02. The number of rotatable bonds is 3. The van der Waals surface area contributed by atoms with Crippen LogP contribution in [-0.2, 0) is 11.5 Å². The molecule has 0 aromatic heterocycles. The number of halogens is 1. The second-order valence-corrected chi connectivity index (χ2v) is 2.94. The Bertz CT molecular complexity index is 310. The molecule has 0 bridgehead atoms. The Balaban J connectivity index is 2.94. The largest absolute Gasteiger partial charge is 0.481 e. The highest BCUT2D eigenvalue weighted by Gasteiger charge is 2.13. The number of benzene rings is 1. The van der Waals surface area contributed by atoms with Gasteiger partial charge in [-0.1, -0.05) is 24.3 Å². The molecule has 1 atom stereocenters. The molecule has 70 valence electrons. The van der Waals surface area contributed by atoms with Crippen LogP contribution < -0.4 is 0 Å². The first-order valence-corrected chi connectivity index (χ1v) is 4.02. The Kier molecular flexibility index (Phi) is 3.01. The van der Waals surface area contributed by atoms with Crippen molar-refractivity contribution in [2.45, 2.75) is 19.5 Å². The number of alkyl halides is 1. The van der Waals surface area contributed by atoms with Crippen molar-refractivity contribution in [3.8, 4) is 0 Å². The highest BCUT2D eigenvalue weighted by molar-refractivity contribution is 5.75. The average molecular weight is 182 g/mol. The molecule has 1 N–H and O–H groups in total. The van der Waals surface area contributed by atoms with E-state index in [9.17, 15) is 9.18 Å². The van der Waals surface area contributed by atoms with Gasteiger partial charge in [-0.15, -0.1) is 0 Å². The third kappa shape index (κ3) is 2.28. The van der Waals surface area contributed by atoms with Gasteiger partial charge < -0.3 is 5.11 Å². The molecule has 0 amide bonds. The van der Waals surface area contributed by atoms with Crippen LogP contribution in [0.3, 0.4) is 0 Å². The molecule has 13 heavy (non-hydrogen) atoms. The van der Waals surface area contributed by atoms with Crippen LogP contribution in [0.2, 0.25) is 0 Å². The van der Waals surface area contributed by atoms with E-state index in [1.54, 1.807) is 31.2 Å². The van der Waals surface area contributed by atoms with Crippen molar-refractivity contribution >= 4 is 5.97 Å². The van der Waals surface area contributed by atoms with Crippen LogP contribution in [0.5, 0.6) is 0 Å². The van der Waals surface area contributed by atoms with Crippen molar-refractivity contribution in [1.29, 1.82) is 0 Å². The molecule has 0 aliphatic heterocycles. The van der Waals surface area contributed by atoms with Crippen LogP contribution in [-0.4, -0.2) is 11.1 Å². The van der Waals surface area contributed by atoms with Crippen molar-refractivity contribution < 1.29 is 14.3 Å². The van der Waals surface area contributed by atoms with Gasteiger partial charge in [0.1, 0.15) is 6.67 Å². The van der Waals surface area contributed by atoms with E-state index in [1.165, 1.54) is 0 Å². The summed E-state index contributed by atoms with van der Waals surface area (Å²) in [7, 11) is 0. The highest BCUT2D eigenvalue weighted by atomic mass is 19.1. The van der Waals surface area contributed by atoms with Crippen LogP contribution in [0.1, 0.15) is 24.0 Å². The number of carboxylic acids is 1. The summed E-state index contributed by atoms with van der Waals surface area (Å²) < 4.78 is 12.2. The van der Waals surface area contributed by atoms with Crippen LogP contribution in [0.4, 0.5) is 4.39 Å². The Morgan fingerprint density at radius 1 is 1.62 bits per heavy atom. The maximum absolute atomic E-state index is 12.2. The molecule has 0 spiro atoms. The average Bonchev–Trinajstić information content (AvgIpc) is 2.16. The number of carbonyl (C=O) groups is 1. The van der Waals surface area contributed by atoms with Gasteiger partial charge in [-0.3, -0.25) is 4.79 Å². The van der Waals surface area contributed by atoms with E-state index < -0.39 is 18.6 Å². The second-order valence-electron chi connectivity index (χ2n) is 2.94. The topological polar surface area (TPSA) is 37.3 Å². The van der Waals surface area contributed by atoms with Crippen molar-refractivity contribution in [3.05, 3.63) is 35.4 Å². The normalized spacial score (nSPS) is 12.5. The molecule has 0 radical (unpaired) electrons. The van der Waals surface area contributed by atoms with E-state index in [-0.39, 0.29) is 0 Å². The maximum atomic E-state index is 12.2. The van der Waals surface area contributed by atoms with Gasteiger partial charge in [-0.05, 0) is 18.1 Å². The maximum Gasteiger partial charge on any atom is 0.310 e. The van der Waals surface area contributed by atoms with Crippen LogP contribution in [0, 0.1) is 0 Å². The first kappa shape index (κ1) is 9.71. The van der Waals surface area contributed by atoms with E-state index in [2.05, 4.69) is 0 Å². The minimum atomic E-state index is -0.893. The van der Waals surface area contributed by atoms with Crippen molar-refractivity contribution in [2.75, 3.05) is 0 Å². The summed E-state index contributed by atoms with van der Waals surface area (Å²) >= 11 is 0. The van der Waals surface area contributed by atoms with E-state index in [0.717, 1.165) is 0 Å². The predicted molar refractivity (Wildman–Crippen MR) is 47.3 cm³/mol. The van der Waals surface area contributed by atoms with Crippen molar-refractivity contribution in [2.24, 2.45) is 0 Å². The minimum absolute atomic E-state index is 0.519. The Labute approximate surface area is 76.0 Å². The molecule has 1 rings (SSSR count). The van der Waals surface area contributed by atoms with Crippen molar-refractivity contribution in [1.82, 2.24) is 0 Å². The van der Waals surface area contributed by atoms with Gasteiger partial charge in [0.15, 0.2) is 0 Å². The number of hydrogen-bond donors (Lipinski definition) is 1. The van der Waals surface area contributed by atoms with Gasteiger partial charge in [0.25, 0.3) is 0 Å². The van der Waals surface area contributed by atoms with Crippen LogP contribution >= 0.6 is 0 Å². The number of aliphatic carboxylic acids is 1. The fourth-order valence-electron chi connectivity index (χ4n) is 1.09. The lowest BCUT2D eigenvalue weighted by Crippen LogP contribution is -2.07. The summed E-state index contributed by atoms with van der Waals surface area (Å²) in [6.45, 7) is 1.03. The third-order valence-corrected chi connectivity index (χ3v) is 1.98. The van der Waals surface area contributed by atoms with Crippen LogP contribution in [0.15, 0.2) is 24.3 Å². The summed E-state index contributed by atoms with van der Waals surface area (Å²) in [5.41, 5.74) is 1.16. The first-order chi connectivity index (χ1) is 6.15. The smallest absolute Gasteiger partial charge is 0.310 e. The monoisotopic (exact) mass is 182 g/mol. The van der Waals surface area contributed by atoms with E-state index >= 15 is 0 Å². The fraction of sp³-hybridized carbons (Fsp3) is 0.300.